The first-order chi connectivity index (χ1) is 15.3. The van der Waals surface area contributed by atoms with Crippen LogP contribution in [0.3, 0.4) is 0 Å². The number of nitriles is 1. The van der Waals surface area contributed by atoms with Crippen LogP contribution in [0.2, 0.25) is 5.02 Å². The van der Waals surface area contributed by atoms with Crippen LogP contribution >= 0.6 is 11.6 Å². The van der Waals surface area contributed by atoms with E-state index in [1.165, 1.54) is 31.6 Å². The largest absolute Gasteiger partial charge is 0.366 e. The van der Waals surface area contributed by atoms with Crippen LogP contribution in [0.1, 0.15) is 69.4 Å². The second kappa shape index (κ2) is 8.17. The average Bonchev–Trinajstić information content (AvgIpc) is 3.48. The summed E-state index contributed by atoms with van der Waals surface area (Å²) in [4.78, 5) is 11.4. The van der Waals surface area contributed by atoms with E-state index in [1.807, 2.05) is 0 Å². The van der Waals surface area contributed by atoms with Crippen molar-refractivity contribution in [2.75, 3.05) is 17.2 Å². The average molecular weight is 455 g/mol. The van der Waals surface area contributed by atoms with E-state index in [9.17, 15) is 9.65 Å². The first-order valence-corrected chi connectivity index (χ1v) is 11.8. The number of aromatic nitrogens is 2. The van der Waals surface area contributed by atoms with Crippen molar-refractivity contribution >= 4 is 29.1 Å². The zero-order valence-electron chi connectivity index (χ0n) is 18.5. The third kappa shape index (κ3) is 4.14. The summed E-state index contributed by atoms with van der Waals surface area (Å²) in [5.41, 5.74) is 1.60. The van der Waals surface area contributed by atoms with E-state index >= 15 is 0 Å². The Balaban J connectivity index is 1.35. The number of fused-ring (bicyclic) bond motifs is 1. The first-order valence-electron chi connectivity index (χ1n) is 11.4. The van der Waals surface area contributed by atoms with Crippen molar-refractivity contribution in [1.82, 2.24) is 14.9 Å². The minimum absolute atomic E-state index is 0.123. The molecule has 1 aromatic carbocycles. The highest BCUT2D eigenvalue weighted by Gasteiger charge is 2.43. The maximum Gasteiger partial charge on any atom is 0.229 e. The standard InChI is InChI=1S/C24H28ClFN6/c1-24(2)11-16(9-17-4-3-7-32(17)24)29-22-19(25)13-28-23(31-22)30-21-8-15(12-27)18(10-20(21)26)14-5-6-14/h8,10,13-14,16-17H,3-7,9,11H2,1-2H3,(H2,28,29,30,31)/t16-,17+/m1/s1. The molecule has 3 aliphatic rings. The number of rotatable bonds is 5. The number of halogens is 2. The van der Waals surface area contributed by atoms with Gasteiger partial charge in [-0.05, 0) is 82.5 Å². The number of anilines is 3. The Morgan fingerprint density at radius 2 is 2.09 bits per heavy atom. The van der Waals surface area contributed by atoms with Gasteiger partial charge in [0.15, 0.2) is 5.82 Å². The summed E-state index contributed by atoms with van der Waals surface area (Å²) < 4.78 is 14.7. The Morgan fingerprint density at radius 3 is 2.84 bits per heavy atom. The zero-order valence-corrected chi connectivity index (χ0v) is 19.2. The van der Waals surface area contributed by atoms with E-state index in [-0.39, 0.29) is 23.2 Å². The highest BCUT2D eigenvalue weighted by atomic mass is 35.5. The monoisotopic (exact) mass is 454 g/mol. The Kier molecular flexibility index (Phi) is 5.47. The van der Waals surface area contributed by atoms with Gasteiger partial charge in [-0.2, -0.15) is 10.2 Å². The quantitative estimate of drug-likeness (QED) is 0.614. The SMILES string of the molecule is CC1(C)C[C@H](Nc2nc(Nc3cc(C#N)c(C4CC4)cc3F)ncc2Cl)C[C@@H]2CCCN21. The van der Waals surface area contributed by atoms with Crippen molar-refractivity contribution < 1.29 is 4.39 Å². The summed E-state index contributed by atoms with van der Waals surface area (Å²) in [6.07, 6.45) is 8.06. The van der Waals surface area contributed by atoms with Gasteiger partial charge in [0.2, 0.25) is 5.95 Å². The van der Waals surface area contributed by atoms with E-state index in [0.717, 1.165) is 31.2 Å². The van der Waals surface area contributed by atoms with Crippen LogP contribution in [0.4, 0.5) is 21.8 Å². The number of nitrogens with zero attached hydrogens (tertiary/aromatic N) is 4. The van der Waals surface area contributed by atoms with Gasteiger partial charge in [0, 0.05) is 17.6 Å². The predicted molar refractivity (Wildman–Crippen MR) is 124 cm³/mol. The third-order valence-electron chi connectivity index (χ3n) is 7.07. The van der Waals surface area contributed by atoms with Crippen LogP contribution in [0.25, 0.3) is 0 Å². The molecule has 0 spiro atoms. The van der Waals surface area contributed by atoms with E-state index in [2.05, 4.69) is 45.4 Å². The van der Waals surface area contributed by atoms with E-state index in [1.54, 1.807) is 6.07 Å². The first kappa shape index (κ1) is 21.4. The molecule has 5 rings (SSSR count). The molecule has 0 amide bonds. The van der Waals surface area contributed by atoms with Gasteiger partial charge >= 0.3 is 0 Å². The fourth-order valence-corrected chi connectivity index (χ4v) is 5.62. The molecule has 0 unspecified atom stereocenters. The molecular formula is C24H28ClFN6. The summed E-state index contributed by atoms with van der Waals surface area (Å²) in [6, 6.07) is 6.03. The van der Waals surface area contributed by atoms with Crippen LogP contribution in [0.15, 0.2) is 18.3 Å². The van der Waals surface area contributed by atoms with Gasteiger partial charge in [-0.1, -0.05) is 11.6 Å². The lowest BCUT2D eigenvalue weighted by atomic mass is 9.84. The molecule has 2 atom stereocenters. The minimum Gasteiger partial charge on any atom is -0.366 e. The van der Waals surface area contributed by atoms with Gasteiger partial charge < -0.3 is 10.6 Å². The van der Waals surface area contributed by atoms with Crippen molar-refractivity contribution in [3.05, 3.63) is 40.3 Å². The smallest absolute Gasteiger partial charge is 0.229 e. The maximum atomic E-state index is 14.7. The molecule has 2 saturated heterocycles. The van der Waals surface area contributed by atoms with Gasteiger partial charge in [-0.25, -0.2) is 9.37 Å². The van der Waals surface area contributed by atoms with E-state index < -0.39 is 5.82 Å². The zero-order chi connectivity index (χ0) is 22.5. The summed E-state index contributed by atoms with van der Waals surface area (Å²) in [5, 5.41) is 16.4. The lowest BCUT2D eigenvalue weighted by Crippen LogP contribution is -2.55. The molecule has 2 aliphatic heterocycles. The second-order valence-electron chi connectivity index (χ2n) is 9.90. The molecule has 0 bridgehead atoms. The van der Waals surface area contributed by atoms with Gasteiger partial charge in [-0.15, -0.1) is 0 Å². The molecule has 3 fully saturated rings. The highest BCUT2D eigenvalue weighted by Crippen LogP contribution is 2.43. The van der Waals surface area contributed by atoms with Gasteiger partial charge in [-0.3, -0.25) is 4.90 Å². The molecule has 32 heavy (non-hydrogen) atoms. The van der Waals surface area contributed by atoms with Crippen LogP contribution in [-0.2, 0) is 0 Å². The van der Waals surface area contributed by atoms with Gasteiger partial charge in [0.1, 0.15) is 10.8 Å². The van der Waals surface area contributed by atoms with Crippen LogP contribution in [0.5, 0.6) is 0 Å². The topological polar surface area (TPSA) is 76.9 Å². The van der Waals surface area contributed by atoms with Crippen molar-refractivity contribution in [2.24, 2.45) is 0 Å². The van der Waals surface area contributed by atoms with Crippen LogP contribution in [-0.4, -0.2) is 39.0 Å². The molecule has 1 aliphatic carbocycles. The maximum absolute atomic E-state index is 14.7. The van der Waals surface area contributed by atoms with Gasteiger partial charge in [0.05, 0.1) is 23.5 Å². The Bertz CT molecular complexity index is 1080. The molecule has 1 saturated carbocycles. The fraction of sp³-hybridized carbons (Fsp3) is 0.542. The number of benzene rings is 1. The van der Waals surface area contributed by atoms with Crippen molar-refractivity contribution in [1.29, 1.82) is 5.26 Å². The summed E-state index contributed by atoms with van der Waals surface area (Å²) >= 11 is 6.40. The number of hydrogen-bond donors (Lipinski definition) is 2. The van der Waals surface area contributed by atoms with Crippen molar-refractivity contribution in [3.63, 3.8) is 0 Å². The molecule has 0 radical (unpaired) electrons. The highest BCUT2D eigenvalue weighted by molar-refractivity contribution is 6.32. The normalized spacial score (nSPS) is 24.6. The molecule has 2 aromatic rings. The molecule has 6 nitrogen and oxygen atoms in total. The number of hydrogen-bond acceptors (Lipinski definition) is 6. The summed E-state index contributed by atoms with van der Waals surface area (Å²) in [7, 11) is 0. The summed E-state index contributed by atoms with van der Waals surface area (Å²) in [5.74, 6) is 0.684. The van der Waals surface area contributed by atoms with E-state index in [4.69, 9.17) is 11.6 Å². The molecule has 8 heteroatoms. The predicted octanol–water partition coefficient (Wildman–Crippen LogP) is 5.58. The fourth-order valence-electron chi connectivity index (χ4n) is 5.48. The number of piperidine rings is 1. The van der Waals surface area contributed by atoms with E-state index in [0.29, 0.717) is 28.4 Å². The lowest BCUT2D eigenvalue weighted by Gasteiger charge is -2.47. The molecule has 168 valence electrons. The molecule has 1 aromatic heterocycles. The Hall–Kier alpha value is -2.43. The third-order valence-corrected chi connectivity index (χ3v) is 7.34. The Labute approximate surface area is 193 Å². The molecule has 3 heterocycles. The van der Waals surface area contributed by atoms with Gasteiger partial charge in [0.25, 0.3) is 0 Å². The lowest BCUT2D eigenvalue weighted by molar-refractivity contribution is 0.0501. The molecule has 2 N–H and O–H groups in total. The summed E-state index contributed by atoms with van der Waals surface area (Å²) in [6.45, 7) is 5.77. The minimum atomic E-state index is -0.408. The second-order valence-corrected chi connectivity index (χ2v) is 10.3. The Morgan fingerprint density at radius 1 is 1.28 bits per heavy atom. The van der Waals surface area contributed by atoms with Crippen molar-refractivity contribution in [3.8, 4) is 6.07 Å². The molecular weight excluding hydrogens is 427 g/mol. The van der Waals surface area contributed by atoms with Crippen LogP contribution in [0, 0.1) is 17.1 Å². The number of nitrogens with one attached hydrogen (secondary N) is 2. The van der Waals surface area contributed by atoms with Crippen molar-refractivity contribution in [2.45, 2.75) is 75.9 Å². The van der Waals surface area contributed by atoms with Crippen LogP contribution < -0.4 is 10.6 Å².